The SMILES string of the molecule is NC(=O)c1cc(=O)[nH]c(N)c1C(F)F. The molecule has 5 N–H and O–H groups in total. The highest BCUT2D eigenvalue weighted by Gasteiger charge is 2.20. The van der Waals surface area contributed by atoms with E-state index in [0.29, 0.717) is 6.07 Å². The van der Waals surface area contributed by atoms with Crippen molar-refractivity contribution in [2.24, 2.45) is 5.73 Å². The Labute approximate surface area is 76.7 Å². The zero-order valence-electron chi connectivity index (χ0n) is 6.88. The van der Waals surface area contributed by atoms with Gasteiger partial charge in [-0.2, -0.15) is 0 Å². The number of aromatic amines is 1. The average molecular weight is 203 g/mol. The summed E-state index contributed by atoms with van der Waals surface area (Å²) in [6.45, 7) is 0. The van der Waals surface area contributed by atoms with Crippen LogP contribution in [-0.4, -0.2) is 10.9 Å². The number of H-pyrrole nitrogens is 1. The summed E-state index contributed by atoms with van der Waals surface area (Å²) in [7, 11) is 0. The molecule has 1 aromatic heterocycles. The predicted molar refractivity (Wildman–Crippen MR) is 44.9 cm³/mol. The maximum absolute atomic E-state index is 12.4. The van der Waals surface area contributed by atoms with Crippen LogP contribution in [0.25, 0.3) is 0 Å². The van der Waals surface area contributed by atoms with E-state index in [9.17, 15) is 18.4 Å². The highest BCUT2D eigenvalue weighted by atomic mass is 19.3. The van der Waals surface area contributed by atoms with E-state index in [-0.39, 0.29) is 0 Å². The summed E-state index contributed by atoms with van der Waals surface area (Å²) in [6, 6.07) is 0.695. The molecule has 0 fully saturated rings. The number of anilines is 1. The van der Waals surface area contributed by atoms with Gasteiger partial charge in [0.1, 0.15) is 5.82 Å². The van der Waals surface area contributed by atoms with Crippen molar-refractivity contribution in [2.45, 2.75) is 6.43 Å². The number of carbonyl (C=O) groups excluding carboxylic acids is 1. The van der Waals surface area contributed by atoms with Crippen molar-refractivity contribution in [3.8, 4) is 0 Å². The molecule has 0 unspecified atom stereocenters. The number of nitrogen functional groups attached to an aromatic ring is 1. The van der Waals surface area contributed by atoms with Gasteiger partial charge in [0.15, 0.2) is 0 Å². The van der Waals surface area contributed by atoms with Crippen LogP contribution in [0.2, 0.25) is 0 Å². The van der Waals surface area contributed by atoms with Crippen LogP contribution in [0.3, 0.4) is 0 Å². The summed E-state index contributed by atoms with van der Waals surface area (Å²) in [5, 5.41) is 0. The Bertz CT molecular complexity index is 427. The molecule has 0 saturated carbocycles. The number of nitrogens with two attached hydrogens (primary N) is 2. The molecule has 1 heterocycles. The lowest BCUT2D eigenvalue weighted by molar-refractivity contribution is 0.0986. The quantitative estimate of drug-likeness (QED) is 0.630. The molecule has 0 atom stereocenters. The number of hydrogen-bond donors (Lipinski definition) is 3. The third kappa shape index (κ3) is 1.70. The Hall–Kier alpha value is -1.92. The van der Waals surface area contributed by atoms with E-state index in [0.717, 1.165) is 0 Å². The number of aromatic nitrogens is 1. The molecule has 76 valence electrons. The molecule has 1 aromatic rings. The number of amides is 1. The fraction of sp³-hybridized carbons (Fsp3) is 0.143. The third-order valence-corrected chi connectivity index (χ3v) is 1.60. The van der Waals surface area contributed by atoms with E-state index in [1.54, 1.807) is 0 Å². The molecule has 5 nitrogen and oxygen atoms in total. The Morgan fingerprint density at radius 1 is 1.50 bits per heavy atom. The van der Waals surface area contributed by atoms with Crippen molar-refractivity contribution in [3.05, 3.63) is 27.5 Å². The first-order valence-corrected chi connectivity index (χ1v) is 3.54. The van der Waals surface area contributed by atoms with Crippen molar-refractivity contribution < 1.29 is 13.6 Å². The number of rotatable bonds is 2. The largest absolute Gasteiger partial charge is 0.385 e. The average Bonchev–Trinajstić information content (AvgIpc) is 2.01. The fourth-order valence-electron chi connectivity index (χ4n) is 1.03. The highest BCUT2D eigenvalue weighted by Crippen LogP contribution is 2.25. The lowest BCUT2D eigenvalue weighted by Gasteiger charge is -2.07. The van der Waals surface area contributed by atoms with E-state index < -0.39 is 34.8 Å². The smallest absolute Gasteiger partial charge is 0.268 e. The standard InChI is InChI=1S/C7H7F2N3O2/c8-5(9)4-2(7(11)14)1-3(13)12-6(4)10/h1,5H,(H2,11,14)(H3,10,12,13). The van der Waals surface area contributed by atoms with E-state index >= 15 is 0 Å². The monoisotopic (exact) mass is 203 g/mol. The van der Waals surface area contributed by atoms with Gasteiger partial charge >= 0.3 is 0 Å². The Morgan fingerprint density at radius 3 is 2.50 bits per heavy atom. The van der Waals surface area contributed by atoms with Crippen LogP contribution in [0.4, 0.5) is 14.6 Å². The minimum atomic E-state index is -2.96. The Morgan fingerprint density at radius 2 is 2.07 bits per heavy atom. The molecule has 0 spiro atoms. The number of alkyl halides is 2. The predicted octanol–water partition coefficient (Wildman–Crippen LogP) is -0.00640. The van der Waals surface area contributed by atoms with E-state index in [1.165, 1.54) is 0 Å². The number of carbonyl (C=O) groups is 1. The lowest BCUT2D eigenvalue weighted by atomic mass is 10.1. The maximum atomic E-state index is 12.4. The molecule has 7 heteroatoms. The first-order valence-electron chi connectivity index (χ1n) is 3.54. The zero-order valence-corrected chi connectivity index (χ0v) is 6.88. The number of hydrogen-bond acceptors (Lipinski definition) is 3. The van der Waals surface area contributed by atoms with Crippen LogP contribution < -0.4 is 17.0 Å². The van der Waals surface area contributed by atoms with E-state index in [4.69, 9.17) is 11.5 Å². The van der Waals surface area contributed by atoms with Gasteiger partial charge in [0.2, 0.25) is 11.5 Å². The first-order chi connectivity index (χ1) is 6.43. The molecule has 0 aliphatic rings. The van der Waals surface area contributed by atoms with E-state index in [1.807, 2.05) is 4.98 Å². The van der Waals surface area contributed by atoms with E-state index in [2.05, 4.69) is 0 Å². The molecule has 1 amide bonds. The number of primary amides is 1. The molecule has 0 saturated heterocycles. The zero-order chi connectivity index (χ0) is 10.9. The van der Waals surface area contributed by atoms with Gasteiger partial charge in [-0.25, -0.2) is 8.78 Å². The molecule has 0 aliphatic carbocycles. The second kappa shape index (κ2) is 3.44. The third-order valence-electron chi connectivity index (χ3n) is 1.60. The van der Waals surface area contributed by atoms with Gasteiger partial charge in [-0.1, -0.05) is 0 Å². The Balaban J connectivity index is 3.52. The second-order valence-electron chi connectivity index (χ2n) is 2.54. The molecule has 0 radical (unpaired) electrons. The van der Waals surface area contributed by atoms with Gasteiger partial charge in [-0.3, -0.25) is 9.59 Å². The summed E-state index contributed by atoms with van der Waals surface area (Å²) in [6.07, 6.45) is -2.96. The number of pyridine rings is 1. The molecule has 0 aromatic carbocycles. The van der Waals surface area contributed by atoms with Gasteiger partial charge < -0.3 is 16.5 Å². The van der Waals surface area contributed by atoms with Gasteiger partial charge in [0.25, 0.3) is 6.43 Å². The highest BCUT2D eigenvalue weighted by molar-refractivity contribution is 5.95. The van der Waals surface area contributed by atoms with Crippen LogP contribution in [0.15, 0.2) is 10.9 Å². The number of halogens is 2. The summed E-state index contributed by atoms with van der Waals surface area (Å²) in [5.41, 5.74) is 7.88. The minimum absolute atomic E-state index is 0.540. The second-order valence-corrected chi connectivity index (χ2v) is 2.54. The fourth-order valence-corrected chi connectivity index (χ4v) is 1.03. The van der Waals surface area contributed by atoms with Gasteiger partial charge in [0.05, 0.1) is 11.1 Å². The molecule has 1 rings (SSSR count). The normalized spacial score (nSPS) is 10.5. The van der Waals surface area contributed by atoms with Crippen LogP contribution in [0.5, 0.6) is 0 Å². The van der Waals surface area contributed by atoms with Crippen LogP contribution in [0.1, 0.15) is 22.3 Å². The topological polar surface area (TPSA) is 102 Å². The van der Waals surface area contributed by atoms with Crippen molar-refractivity contribution >= 4 is 11.7 Å². The summed E-state index contributed by atoms with van der Waals surface area (Å²) < 4.78 is 24.7. The van der Waals surface area contributed by atoms with Crippen LogP contribution >= 0.6 is 0 Å². The molecule has 14 heavy (non-hydrogen) atoms. The van der Waals surface area contributed by atoms with Crippen molar-refractivity contribution in [1.82, 2.24) is 4.98 Å². The van der Waals surface area contributed by atoms with Crippen molar-refractivity contribution in [3.63, 3.8) is 0 Å². The molecule has 0 aliphatic heterocycles. The van der Waals surface area contributed by atoms with Gasteiger partial charge in [-0.05, 0) is 0 Å². The Kier molecular flexibility index (Phi) is 2.50. The number of nitrogens with one attached hydrogen (secondary N) is 1. The molecular weight excluding hydrogens is 196 g/mol. The first kappa shape index (κ1) is 10.2. The molecular formula is C7H7F2N3O2. The van der Waals surface area contributed by atoms with Crippen molar-refractivity contribution in [1.29, 1.82) is 0 Å². The summed E-state index contributed by atoms with van der Waals surface area (Å²) >= 11 is 0. The summed E-state index contributed by atoms with van der Waals surface area (Å²) in [4.78, 5) is 23.5. The van der Waals surface area contributed by atoms with Crippen molar-refractivity contribution in [2.75, 3.05) is 5.73 Å². The van der Waals surface area contributed by atoms with Gasteiger partial charge in [-0.15, -0.1) is 0 Å². The maximum Gasteiger partial charge on any atom is 0.268 e. The van der Waals surface area contributed by atoms with Gasteiger partial charge in [0, 0.05) is 6.07 Å². The summed E-state index contributed by atoms with van der Waals surface area (Å²) in [5.74, 6) is -1.65. The minimum Gasteiger partial charge on any atom is -0.385 e. The lowest BCUT2D eigenvalue weighted by Crippen LogP contribution is -2.21. The van der Waals surface area contributed by atoms with Crippen LogP contribution in [-0.2, 0) is 0 Å². The van der Waals surface area contributed by atoms with Crippen LogP contribution in [0, 0.1) is 0 Å². The molecule has 0 bridgehead atoms.